The van der Waals surface area contributed by atoms with E-state index in [1.54, 1.807) is 0 Å². The third-order valence-electron chi connectivity index (χ3n) is 2.75. The SMILES string of the molecule is CCC(CC)C(=O)OC(C(=O)OC)C(C)(C)C. The molecule has 0 saturated carbocycles. The van der Waals surface area contributed by atoms with E-state index in [0.717, 1.165) is 0 Å². The van der Waals surface area contributed by atoms with Crippen LogP contribution in [0.3, 0.4) is 0 Å². The quantitative estimate of drug-likeness (QED) is 0.697. The summed E-state index contributed by atoms with van der Waals surface area (Å²) in [6, 6.07) is 0. The highest BCUT2D eigenvalue weighted by Gasteiger charge is 2.36. The van der Waals surface area contributed by atoms with Crippen LogP contribution in [0, 0.1) is 11.3 Å². The molecule has 0 aromatic rings. The number of ether oxygens (including phenoxy) is 2. The zero-order valence-electron chi connectivity index (χ0n) is 11.7. The average Bonchev–Trinajstić information content (AvgIpc) is 2.25. The van der Waals surface area contributed by atoms with Gasteiger partial charge in [0.2, 0.25) is 6.10 Å². The molecule has 4 heteroatoms. The molecule has 0 aliphatic carbocycles. The lowest BCUT2D eigenvalue weighted by Gasteiger charge is -2.29. The van der Waals surface area contributed by atoms with Crippen molar-refractivity contribution in [1.82, 2.24) is 0 Å². The van der Waals surface area contributed by atoms with E-state index in [4.69, 9.17) is 4.74 Å². The fourth-order valence-corrected chi connectivity index (χ4v) is 1.52. The maximum absolute atomic E-state index is 11.9. The first kappa shape index (κ1) is 15.9. The van der Waals surface area contributed by atoms with Gasteiger partial charge in [-0.2, -0.15) is 0 Å². The summed E-state index contributed by atoms with van der Waals surface area (Å²) in [5, 5.41) is 0. The van der Waals surface area contributed by atoms with Crippen LogP contribution >= 0.6 is 0 Å². The first-order valence-corrected chi connectivity index (χ1v) is 6.06. The van der Waals surface area contributed by atoms with Crippen molar-refractivity contribution in [2.45, 2.75) is 53.6 Å². The van der Waals surface area contributed by atoms with Crippen molar-refractivity contribution in [2.75, 3.05) is 7.11 Å². The highest BCUT2D eigenvalue weighted by Crippen LogP contribution is 2.25. The molecule has 4 nitrogen and oxygen atoms in total. The molecule has 100 valence electrons. The van der Waals surface area contributed by atoms with E-state index in [2.05, 4.69) is 4.74 Å². The van der Waals surface area contributed by atoms with Crippen LogP contribution in [0.2, 0.25) is 0 Å². The smallest absolute Gasteiger partial charge is 0.347 e. The van der Waals surface area contributed by atoms with Gasteiger partial charge in [-0.05, 0) is 12.8 Å². The van der Waals surface area contributed by atoms with E-state index < -0.39 is 17.5 Å². The Morgan fingerprint density at radius 2 is 1.53 bits per heavy atom. The number of esters is 2. The maximum Gasteiger partial charge on any atom is 0.347 e. The third kappa shape index (κ3) is 4.75. The minimum absolute atomic E-state index is 0.149. The second kappa shape index (κ2) is 6.62. The summed E-state index contributed by atoms with van der Waals surface area (Å²) in [5.41, 5.74) is -0.464. The number of hydrogen-bond acceptors (Lipinski definition) is 4. The molecule has 0 bridgehead atoms. The Kier molecular flexibility index (Phi) is 6.21. The van der Waals surface area contributed by atoms with Crippen LogP contribution in [0.5, 0.6) is 0 Å². The highest BCUT2D eigenvalue weighted by atomic mass is 16.6. The lowest BCUT2D eigenvalue weighted by Crippen LogP contribution is -2.40. The summed E-state index contributed by atoms with van der Waals surface area (Å²) in [6.45, 7) is 9.39. The Bertz CT molecular complexity index is 261. The summed E-state index contributed by atoms with van der Waals surface area (Å²) in [5.74, 6) is -0.971. The lowest BCUT2D eigenvalue weighted by molar-refractivity contribution is -0.176. The van der Waals surface area contributed by atoms with Gasteiger partial charge in [-0.1, -0.05) is 34.6 Å². The molecule has 0 aliphatic heterocycles. The number of methoxy groups -OCH3 is 1. The Labute approximate surface area is 104 Å². The van der Waals surface area contributed by atoms with Crippen LogP contribution < -0.4 is 0 Å². The van der Waals surface area contributed by atoms with Crippen LogP contribution in [0.25, 0.3) is 0 Å². The third-order valence-corrected chi connectivity index (χ3v) is 2.75. The van der Waals surface area contributed by atoms with Crippen molar-refractivity contribution in [1.29, 1.82) is 0 Å². The molecule has 1 atom stereocenters. The lowest BCUT2D eigenvalue weighted by atomic mass is 9.89. The van der Waals surface area contributed by atoms with Gasteiger partial charge in [0.1, 0.15) is 0 Å². The van der Waals surface area contributed by atoms with Crippen LogP contribution in [0.4, 0.5) is 0 Å². The van der Waals surface area contributed by atoms with Crippen LogP contribution in [0.15, 0.2) is 0 Å². The molecule has 0 N–H and O–H groups in total. The summed E-state index contributed by atoms with van der Waals surface area (Å²) in [4.78, 5) is 23.4. The topological polar surface area (TPSA) is 52.6 Å². The molecule has 0 amide bonds. The van der Waals surface area contributed by atoms with Crippen LogP contribution in [0.1, 0.15) is 47.5 Å². The molecule has 0 aromatic carbocycles. The number of carbonyl (C=O) groups is 2. The van der Waals surface area contributed by atoms with Gasteiger partial charge in [-0.15, -0.1) is 0 Å². The van der Waals surface area contributed by atoms with Gasteiger partial charge in [-0.3, -0.25) is 4.79 Å². The zero-order valence-corrected chi connectivity index (χ0v) is 11.7. The molecular formula is C13H24O4. The molecule has 17 heavy (non-hydrogen) atoms. The normalized spacial score (nSPS) is 13.4. The van der Waals surface area contributed by atoms with Gasteiger partial charge in [-0.25, -0.2) is 4.79 Å². The molecule has 0 radical (unpaired) electrons. The fourth-order valence-electron chi connectivity index (χ4n) is 1.52. The van der Waals surface area contributed by atoms with E-state index in [1.807, 2.05) is 34.6 Å². The van der Waals surface area contributed by atoms with Crippen LogP contribution in [-0.2, 0) is 19.1 Å². The molecule has 1 unspecified atom stereocenters. The minimum Gasteiger partial charge on any atom is -0.466 e. The van der Waals surface area contributed by atoms with Crippen molar-refractivity contribution in [3.05, 3.63) is 0 Å². The standard InChI is InChI=1S/C13H24O4/c1-7-9(8-2)11(14)17-10(12(15)16-6)13(3,4)5/h9-10H,7-8H2,1-6H3. The van der Waals surface area contributed by atoms with Crippen molar-refractivity contribution in [2.24, 2.45) is 11.3 Å². The molecule has 0 aliphatic rings. The molecular weight excluding hydrogens is 220 g/mol. The van der Waals surface area contributed by atoms with E-state index in [1.165, 1.54) is 7.11 Å². The molecule has 0 fully saturated rings. The first-order valence-electron chi connectivity index (χ1n) is 6.06. The van der Waals surface area contributed by atoms with Crippen molar-refractivity contribution >= 4 is 11.9 Å². The summed E-state index contributed by atoms with van der Waals surface area (Å²) >= 11 is 0. The van der Waals surface area contributed by atoms with E-state index in [0.29, 0.717) is 12.8 Å². The molecule has 0 heterocycles. The summed E-state index contributed by atoms with van der Waals surface area (Å²) in [6.07, 6.45) is 0.585. The van der Waals surface area contributed by atoms with Crippen molar-refractivity contribution in [3.8, 4) is 0 Å². The predicted octanol–water partition coefficient (Wildman–Crippen LogP) is 2.55. The Balaban J connectivity index is 4.77. The maximum atomic E-state index is 11.9. The zero-order chi connectivity index (χ0) is 13.6. The van der Waals surface area contributed by atoms with Gasteiger partial charge >= 0.3 is 11.9 Å². The number of hydrogen-bond donors (Lipinski definition) is 0. The number of rotatable bonds is 5. The van der Waals surface area contributed by atoms with Crippen molar-refractivity contribution in [3.63, 3.8) is 0 Å². The van der Waals surface area contributed by atoms with Gasteiger partial charge in [0.05, 0.1) is 13.0 Å². The van der Waals surface area contributed by atoms with Crippen LogP contribution in [-0.4, -0.2) is 25.2 Å². The largest absolute Gasteiger partial charge is 0.466 e. The average molecular weight is 244 g/mol. The molecule has 0 spiro atoms. The second-order valence-corrected chi connectivity index (χ2v) is 5.22. The predicted molar refractivity (Wildman–Crippen MR) is 65.4 cm³/mol. The first-order chi connectivity index (χ1) is 7.77. The monoisotopic (exact) mass is 244 g/mol. The summed E-state index contributed by atoms with van der Waals surface area (Å²) < 4.78 is 9.97. The molecule has 0 rings (SSSR count). The highest BCUT2D eigenvalue weighted by molar-refractivity contribution is 5.80. The minimum atomic E-state index is -0.847. The Morgan fingerprint density at radius 1 is 1.06 bits per heavy atom. The Morgan fingerprint density at radius 3 is 1.82 bits per heavy atom. The summed E-state index contributed by atoms with van der Waals surface area (Å²) in [7, 11) is 1.30. The van der Waals surface area contributed by atoms with E-state index >= 15 is 0 Å². The molecule has 0 aromatic heterocycles. The van der Waals surface area contributed by atoms with E-state index in [9.17, 15) is 9.59 Å². The second-order valence-electron chi connectivity index (χ2n) is 5.22. The Hall–Kier alpha value is -1.06. The van der Waals surface area contributed by atoms with Gasteiger partial charge in [0.25, 0.3) is 0 Å². The van der Waals surface area contributed by atoms with Gasteiger partial charge in [0.15, 0.2) is 0 Å². The fraction of sp³-hybridized carbons (Fsp3) is 0.846. The number of carbonyl (C=O) groups excluding carboxylic acids is 2. The van der Waals surface area contributed by atoms with Gasteiger partial charge < -0.3 is 9.47 Å². The van der Waals surface area contributed by atoms with E-state index in [-0.39, 0.29) is 11.9 Å². The molecule has 0 saturated heterocycles. The van der Waals surface area contributed by atoms with Gasteiger partial charge in [0, 0.05) is 5.41 Å². The van der Waals surface area contributed by atoms with Crippen molar-refractivity contribution < 1.29 is 19.1 Å².